The van der Waals surface area contributed by atoms with Crippen molar-refractivity contribution >= 4 is 11.6 Å². The topological polar surface area (TPSA) is 55.9 Å². The van der Waals surface area contributed by atoms with Gasteiger partial charge in [0, 0.05) is 18.3 Å². The van der Waals surface area contributed by atoms with Crippen LogP contribution in [0.1, 0.15) is 17.3 Å². The van der Waals surface area contributed by atoms with Crippen LogP contribution in [0.4, 0.5) is 0 Å². The third-order valence-corrected chi connectivity index (χ3v) is 2.64. The smallest absolute Gasteiger partial charge is 0.0947 e. The Balaban J connectivity index is 2.32. The van der Waals surface area contributed by atoms with Gasteiger partial charge in [-0.1, -0.05) is 23.7 Å². The molecule has 1 atom stereocenters. The van der Waals surface area contributed by atoms with E-state index in [1.807, 2.05) is 42.1 Å². The summed E-state index contributed by atoms with van der Waals surface area (Å²) in [4.78, 5) is 4.27. The first-order valence-electron chi connectivity index (χ1n) is 4.90. The van der Waals surface area contributed by atoms with Gasteiger partial charge < -0.3 is 4.57 Å². The van der Waals surface area contributed by atoms with E-state index in [2.05, 4.69) is 10.4 Å². The molecular weight excluding hydrogens is 224 g/mol. The highest BCUT2D eigenvalue weighted by atomic mass is 35.5. The van der Waals surface area contributed by atoms with Crippen molar-refractivity contribution in [3.63, 3.8) is 0 Å². The highest BCUT2D eigenvalue weighted by Crippen LogP contribution is 2.21. The van der Waals surface area contributed by atoms with E-state index >= 15 is 0 Å². The second-order valence-corrected chi connectivity index (χ2v) is 4.05. The molecule has 2 aromatic rings. The molecular formula is C11H13ClN4. The quantitative estimate of drug-likeness (QED) is 0.629. The molecule has 84 valence electrons. The Morgan fingerprint density at radius 2 is 2.06 bits per heavy atom. The lowest BCUT2D eigenvalue weighted by Gasteiger charge is -2.13. The predicted octanol–water partition coefficient (Wildman–Crippen LogP) is 1.63. The molecule has 16 heavy (non-hydrogen) atoms. The summed E-state index contributed by atoms with van der Waals surface area (Å²) in [5.41, 5.74) is 4.66. The standard InChI is InChI=1S/C11H13ClN4/c1-16-6-10(14-7-16)11(15-13)8-2-4-9(12)5-3-8/h2-7,11,15H,13H2,1H3. The van der Waals surface area contributed by atoms with E-state index < -0.39 is 0 Å². The van der Waals surface area contributed by atoms with Gasteiger partial charge in [-0.25, -0.2) is 10.4 Å². The van der Waals surface area contributed by atoms with Crippen LogP contribution in [0.3, 0.4) is 0 Å². The van der Waals surface area contributed by atoms with Crippen LogP contribution in [-0.2, 0) is 7.05 Å². The van der Waals surface area contributed by atoms with E-state index in [4.69, 9.17) is 17.4 Å². The number of nitrogens with one attached hydrogen (secondary N) is 1. The van der Waals surface area contributed by atoms with Crippen LogP contribution in [0, 0.1) is 0 Å². The van der Waals surface area contributed by atoms with Crippen molar-refractivity contribution in [3.05, 3.63) is 53.1 Å². The molecule has 3 N–H and O–H groups in total. The largest absolute Gasteiger partial charge is 0.340 e. The van der Waals surface area contributed by atoms with Crippen molar-refractivity contribution in [3.8, 4) is 0 Å². The number of hydrogen-bond acceptors (Lipinski definition) is 3. The number of benzene rings is 1. The number of halogens is 1. The fraction of sp³-hybridized carbons (Fsp3) is 0.182. The summed E-state index contributed by atoms with van der Waals surface area (Å²) < 4.78 is 1.88. The number of aromatic nitrogens is 2. The van der Waals surface area contributed by atoms with Gasteiger partial charge in [0.25, 0.3) is 0 Å². The molecule has 0 bridgehead atoms. The monoisotopic (exact) mass is 236 g/mol. The summed E-state index contributed by atoms with van der Waals surface area (Å²) in [6.45, 7) is 0. The summed E-state index contributed by atoms with van der Waals surface area (Å²) >= 11 is 5.84. The molecule has 0 saturated heterocycles. The van der Waals surface area contributed by atoms with E-state index in [1.165, 1.54) is 0 Å². The van der Waals surface area contributed by atoms with Gasteiger partial charge in [0.05, 0.1) is 18.1 Å². The first-order valence-corrected chi connectivity index (χ1v) is 5.28. The molecule has 5 heteroatoms. The van der Waals surface area contributed by atoms with E-state index in [-0.39, 0.29) is 6.04 Å². The van der Waals surface area contributed by atoms with Gasteiger partial charge in [0.2, 0.25) is 0 Å². The lowest BCUT2D eigenvalue weighted by Crippen LogP contribution is -2.29. The fourth-order valence-corrected chi connectivity index (χ4v) is 1.72. The number of hydrazine groups is 1. The average molecular weight is 237 g/mol. The molecule has 0 saturated carbocycles. The molecule has 0 aliphatic rings. The van der Waals surface area contributed by atoms with Gasteiger partial charge in [0.1, 0.15) is 0 Å². The highest BCUT2D eigenvalue weighted by Gasteiger charge is 2.14. The molecule has 4 nitrogen and oxygen atoms in total. The van der Waals surface area contributed by atoms with Crippen LogP contribution in [0.5, 0.6) is 0 Å². The SMILES string of the molecule is Cn1cnc(C(NN)c2ccc(Cl)cc2)c1. The van der Waals surface area contributed by atoms with Crippen LogP contribution in [0.25, 0.3) is 0 Å². The van der Waals surface area contributed by atoms with Crippen molar-refractivity contribution in [2.75, 3.05) is 0 Å². The van der Waals surface area contributed by atoms with Gasteiger partial charge in [0.15, 0.2) is 0 Å². The molecule has 1 aromatic carbocycles. The maximum absolute atomic E-state index is 5.84. The number of hydrogen-bond donors (Lipinski definition) is 2. The van der Waals surface area contributed by atoms with Crippen molar-refractivity contribution in [1.82, 2.24) is 15.0 Å². The Morgan fingerprint density at radius 1 is 1.38 bits per heavy atom. The van der Waals surface area contributed by atoms with Gasteiger partial charge >= 0.3 is 0 Å². The summed E-state index contributed by atoms with van der Waals surface area (Å²) in [6.07, 6.45) is 3.68. The Kier molecular flexibility index (Phi) is 3.24. The Hall–Kier alpha value is -1.36. The maximum Gasteiger partial charge on any atom is 0.0947 e. The summed E-state index contributed by atoms with van der Waals surface area (Å²) in [5.74, 6) is 5.55. The van der Waals surface area contributed by atoms with Gasteiger partial charge in [-0.2, -0.15) is 0 Å². The van der Waals surface area contributed by atoms with Crippen LogP contribution >= 0.6 is 11.6 Å². The molecule has 1 aromatic heterocycles. The summed E-state index contributed by atoms with van der Waals surface area (Å²) in [7, 11) is 1.92. The van der Waals surface area contributed by atoms with Gasteiger partial charge in [-0.05, 0) is 17.7 Å². The van der Waals surface area contributed by atoms with Crippen LogP contribution in [0.2, 0.25) is 5.02 Å². The number of rotatable bonds is 3. The molecule has 0 spiro atoms. The van der Waals surface area contributed by atoms with Crippen LogP contribution < -0.4 is 11.3 Å². The summed E-state index contributed by atoms with van der Waals surface area (Å²) in [6, 6.07) is 7.43. The second-order valence-electron chi connectivity index (χ2n) is 3.62. The first kappa shape index (κ1) is 11.1. The lowest BCUT2D eigenvalue weighted by atomic mass is 10.1. The highest BCUT2D eigenvalue weighted by molar-refractivity contribution is 6.30. The molecule has 0 fully saturated rings. The zero-order valence-electron chi connectivity index (χ0n) is 8.89. The maximum atomic E-state index is 5.84. The Bertz CT molecular complexity index is 463. The Morgan fingerprint density at radius 3 is 2.56 bits per heavy atom. The third kappa shape index (κ3) is 2.24. The zero-order chi connectivity index (χ0) is 11.5. The molecule has 0 radical (unpaired) electrons. The van der Waals surface area contributed by atoms with Crippen molar-refractivity contribution in [2.45, 2.75) is 6.04 Å². The van der Waals surface area contributed by atoms with E-state index in [1.54, 1.807) is 6.33 Å². The van der Waals surface area contributed by atoms with E-state index in [0.29, 0.717) is 5.02 Å². The van der Waals surface area contributed by atoms with E-state index in [9.17, 15) is 0 Å². The number of nitrogens with two attached hydrogens (primary N) is 1. The van der Waals surface area contributed by atoms with Crippen LogP contribution in [0.15, 0.2) is 36.8 Å². The zero-order valence-corrected chi connectivity index (χ0v) is 9.65. The van der Waals surface area contributed by atoms with Crippen molar-refractivity contribution < 1.29 is 0 Å². The second kappa shape index (κ2) is 4.65. The minimum atomic E-state index is -0.113. The number of nitrogens with zero attached hydrogens (tertiary/aromatic N) is 2. The molecule has 0 amide bonds. The van der Waals surface area contributed by atoms with Gasteiger partial charge in [-0.3, -0.25) is 5.84 Å². The normalized spacial score (nSPS) is 12.7. The van der Waals surface area contributed by atoms with E-state index in [0.717, 1.165) is 11.3 Å². The predicted molar refractivity (Wildman–Crippen MR) is 63.8 cm³/mol. The molecule has 0 aliphatic carbocycles. The first-order chi connectivity index (χ1) is 7.70. The van der Waals surface area contributed by atoms with Gasteiger partial charge in [-0.15, -0.1) is 0 Å². The molecule has 1 heterocycles. The summed E-state index contributed by atoms with van der Waals surface area (Å²) in [5, 5.41) is 0.709. The lowest BCUT2D eigenvalue weighted by molar-refractivity contribution is 0.623. The number of aryl methyl sites for hydroxylation is 1. The molecule has 1 unspecified atom stereocenters. The third-order valence-electron chi connectivity index (χ3n) is 2.39. The van der Waals surface area contributed by atoms with Crippen LogP contribution in [-0.4, -0.2) is 9.55 Å². The number of imidazole rings is 1. The molecule has 2 rings (SSSR count). The average Bonchev–Trinajstić information content (AvgIpc) is 2.69. The Labute approximate surface area is 99.0 Å². The minimum Gasteiger partial charge on any atom is -0.340 e. The minimum absolute atomic E-state index is 0.113. The van der Waals surface area contributed by atoms with Crippen molar-refractivity contribution in [2.24, 2.45) is 12.9 Å². The molecule has 0 aliphatic heterocycles. The fourth-order valence-electron chi connectivity index (χ4n) is 1.59. The van der Waals surface area contributed by atoms with Crippen molar-refractivity contribution in [1.29, 1.82) is 0 Å².